The maximum atomic E-state index is 5.91. The average Bonchev–Trinajstić information content (AvgIpc) is 2.54. The molecule has 3 heteroatoms. The second-order valence-corrected chi connectivity index (χ2v) is 6.55. The van der Waals surface area contributed by atoms with Crippen LogP contribution in [0.25, 0.3) is 0 Å². The van der Waals surface area contributed by atoms with E-state index in [1.165, 1.54) is 38.0 Å². The summed E-state index contributed by atoms with van der Waals surface area (Å²) in [4.78, 5) is 2.68. The molecular weight excluding hydrogens is 260 g/mol. The smallest absolute Gasteiger partial charge is 0.124 e. The molecule has 0 aliphatic carbocycles. The van der Waals surface area contributed by atoms with Gasteiger partial charge in [-0.3, -0.25) is 4.90 Å². The van der Waals surface area contributed by atoms with Crippen LogP contribution in [-0.2, 0) is 0 Å². The van der Waals surface area contributed by atoms with Crippen molar-refractivity contribution < 1.29 is 4.74 Å². The van der Waals surface area contributed by atoms with Crippen molar-refractivity contribution in [1.82, 2.24) is 10.2 Å². The average molecular weight is 288 g/mol. The minimum atomic E-state index is 0.509. The molecule has 0 bridgehead atoms. The lowest BCUT2D eigenvalue weighted by molar-refractivity contribution is 0.0760. The minimum absolute atomic E-state index is 0.509. The van der Waals surface area contributed by atoms with Gasteiger partial charge < -0.3 is 10.1 Å². The first-order chi connectivity index (χ1) is 10.3. The molecule has 3 rings (SSSR count). The zero-order valence-electron chi connectivity index (χ0n) is 13.3. The van der Waals surface area contributed by atoms with Crippen molar-refractivity contribution in [2.45, 2.75) is 32.7 Å². The van der Waals surface area contributed by atoms with Gasteiger partial charge in [-0.25, -0.2) is 0 Å². The Morgan fingerprint density at radius 3 is 2.76 bits per heavy atom. The number of para-hydroxylation sites is 1. The van der Waals surface area contributed by atoms with E-state index in [9.17, 15) is 0 Å². The van der Waals surface area contributed by atoms with Crippen LogP contribution in [0, 0.1) is 11.8 Å². The van der Waals surface area contributed by atoms with Crippen molar-refractivity contribution in [1.29, 1.82) is 0 Å². The van der Waals surface area contributed by atoms with E-state index in [-0.39, 0.29) is 0 Å². The molecule has 0 radical (unpaired) electrons. The van der Waals surface area contributed by atoms with Crippen LogP contribution in [0.4, 0.5) is 0 Å². The predicted molar refractivity (Wildman–Crippen MR) is 86.7 cm³/mol. The molecule has 2 heterocycles. The predicted octanol–water partition coefficient (Wildman–Crippen LogP) is 3.08. The normalized spacial score (nSPS) is 26.4. The van der Waals surface area contributed by atoms with E-state index < -0.39 is 0 Å². The molecule has 1 aromatic carbocycles. The molecule has 2 atom stereocenters. The Balaban J connectivity index is 1.78. The summed E-state index contributed by atoms with van der Waals surface area (Å²) in [6, 6.07) is 9.10. The largest absolute Gasteiger partial charge is 0.493 e. The van der Waals surface area contributed by atoms with Gasteiger partial charge >= 0.3 is 0 Å². The van der Waals surface area contributed by atoms with Gasteiger partial charge in [-0.2, -0.15) is 0 Å². The van der Waals surface area contributed by atoms with Crippen LogP contribution >= 0.6 is 0 Å². The molecule has 1 saturated heterocycles. The first-order valence-corrected chi connectivity index (χ1v) is 8.46. The van der Waals surface area contributed by atoms with Gasteiger partial charge in [0.15, 0.2) is 0 Å². The Morgan fingerprint density at radius 1 is 1.24 bits per heavy atom. The number of rotatable bonds is 4. The van der Waals surface area contributed by atoms with E-state index in [2.05, 4.69) is 48.3 Å². The van der Waals surface area contributed by atoms with Crippen LogP contribution in [0.1, 0.15) is 38.3 Å². The Labute approximate surface area is 128 Å². The summed E-state index contributed by atoms with van der Waals surface area (Å²) in [7, 11) is 0. The number of nitrogens with one attached hydrogen (secondary N) is 1. The molecule has 0 amide bonds. The highest BCUT2D eigenvalue weighted by Gasteiger charge is 2.33. The Bertz CT molecular complexity index is 456. The molecule has 116 valence electrons. The fourth-order valence-corrected chi connectivity index (χ4v) is 3.87. The van der Waals surface area contributed by atoms with Crippen molar-refractivity contribution >= 4 is 0 Å². The molecule has 2 aliphatic heterocycles. The Kier molecular flexibility index (Phi) is 4.81. The molecule has 1 aromatic rings. The highest BCUT2D eigenvalue weighted by molar-refractivity contribution is 5.38. The lowest BCUT2D eigenvalue weighted by Crippen LogP contribution is -2.42. The van der Waals surface area contributed by atoms with Crippen molar-refractivity contribution in [2.75, 3.05) is 32.8 Å². The van der Waals surface area contributed by atoms with Gasteiger partial charge in [-0.05, 0) is 44.5 Å². The fraction of sp³-hybridized carbons (Fsp3) is 0.667. The number of benzene rings is 1. The zero-order valence-corrected chi connectivity index (χ0v) is 13.3. The zero-order chi connectivity index (χ0) is 14.7. The molecule has 21 heavy (non-hydrogen) atoms. The molecule has 0 spiro atoms. The fourth-order valence-electron chi connectivity index (χ4n) is 3.87. The van der Waals surface area contributed by atoms with Gasteiger partial charge in [0.1, 0.15) is 5.75 Å². The summed E-state index contributed by atoms with van der Waals surface area (Å²) in [5.74, 6) is 2.49. The van der Waals surface area contributed by atoms with Crippen LogP contribution in [0.2, 0.25) is 0 Å². The Morgan fingerprint density at radius 2 is 2.00 bits per heavy atom. The van der Waals surface area contributed by atoms with E-state index in [0.29, 0.717) is 12.0 Å². The van der Waals surface area contributed by atoms with E-state index in [4.69, 9.17) is 4.74 Å². The molecular formula is C18H28N2O. The van der Waals surface area contributed by atoms with E-state index in [1.807, 2.05) is 0 Å². The standard InChI is InChI=1S/C18H28N2O/c1-3-20(12-15-8-10-19-11-9-15)18-14(2)13-21-17-7-5-4-6-16(17)18/h4-7,14-15,18-19H,3,8-13H2,1-2H3. The lowest BCUT2D eigenvalue weighted by Gasteiger charge is -2.41. The summed E-state index contributed by atoms with van der Waals surface area (Å²) in [5.41, 5.74) is 1.38. The second kappa shape index (κ2) is 6.80. The quantitative estimate of drug-likeness (QED) is 0.921. The monoisotopic (exact) mass is 288 g/mol. The van der Waals surface area contributed by atoms with Gasteiger partial charge in [0.05, 0.1) is 6.61 Å². The molecule has 1 N–H and O–H groups in total. The number of hydrogen-bond acceptors (Lipinski definition) is 3. The minimum Gasteiger partial charge on any atom is -0.493 e. The van der Waals surface area contributed by atoms with E-state index in [1.54, 1.807) is 0 Å². The third-order valence-corrected chi connectivity index (χ3v) is 5.03. The molecule has 0 aromatic heterocycles. The maximum absolute atomic E-state index is 5.91. The van der Waals surface area contributed by atoms with Crippen LogP contribution in [0.3, 0.4) is 0 Å². The third-order valence-electron chi connectivity index (χ3n) is 5.03. The van der Waals surface area contributed by atoms with Crippen molar-refractivity contribution in [2.24, 2.45) is 11.8 Å². The topological polar surface area (TPSA) is 24.5 Å². The summed E-state index contributed by atoms with van der Waals surface area (Å²) in [6.07, 6.45) is 2.63. The maximum Gasteiger partial charge on any atom is 0.124 e. The van der Waals surface area contributed by atoms with Crippen molar-refractivity contribution in [3.8, 4) is 5.75 Å². The number of piperidine rings is 1. The van der Waals surface area contributed by atoms with Gasteiger partial charge in [-0.1, -0.05) is 32.0 Å². The molecule has 2 aliphatic rings. The second-order valence-electron chi connectivity index (χ2n) is 6.55. The van der Waals surface area contributed by atoms with Crippen molar-refractivity contribution in [3.05, 3.63) is 29.8 Å². The van der Waals surface area contributed by atoms with Gasteiger partial charge in [0, 0.05) is 24.1 Å². The number of ether oxygens (including phenoxy) is 1. The molecule has 2 unspecified atom stereocenters. The third kappa shape index (κ3) is 3.24. The highest BCUT2D eigenvalue weighted by atomic mass is 16.5. The summed E-state index contributed by atoms with van der Waals surface area (Å²) in [6.45, 7) is 10.2. The SMILES string of the molecule is CCN(CC1CCNCC1)C1c2ccccc2OCC1C. The number of fused-ring (bicyclic) bond motifs is 1. The van der Waals surface area contributed by atoms with Crippen molar-refractivity contribution in [3.63, 3.8) is 0 Å². The highest BCUT2D eigenvalue weighted by Crippen LogP contribution is 2.39. The van der Waals surface area contributed by atoms with Crippen LogP contribution in [-0.4, -0.2) is 37.7 Å². The number of nitrogens with zero attached hydrogens (tertiary/aromatic N) is 1. The summed E-state index contributed by atoms with van der Waals surface area (Å²) < 4.78 is 5.91. The summed E-state index contributed by atoms with van der Waals surface area (Å²) >= 11 is 0. The van der Waals surface area contributed by atoms with Gasteiger partial charge in [0.25, 0.3) is 0 Å². The van der Waals surface area contributed by atoms with Crippen LogP contribution in [0.5, 0.6) is 5.75 Å². The molecule has 0 saturated carbocycles. The van der Waals surface area contributed by atoms with E-state index >= 15 is 0 Å². The molecule has 3 nitrogen and oxygen atoms in total. The van der Waals surface area contributed by atoms with Gasteiger partial charge in [0.2, 0.25) is 0 Å². The van der Waals surface area contributed by atoms with Crippen LogP contribution < -0.4 is 10.1 Å². The lowest BCUT2D eigenvalue weighted by atomic mass is 9.88. The summed E-state index contributed by atoms with van der Waals surface area (Å²) in [5, 5.41) is 3.47. The first kappa shape index (κ1) is 14.9. The Hall–Kier alpha value is -1.06. The van der Waals surface area contributed by atoms with Crippen LogP contribution in [0.15, 0.2) is 24.3 Å². The molecule has 1 fully saturated rings. The van der Waals surface area contributed by atoms with Gasteiger partial charge in [-0.15, -0.1) is 0 Å². The number of hydrogen-bond donors (Lipinski definition) is 1. The first-order valence-electron chi connectivity index (χ1n) is 8.46. The van der Waals surface area contributed by atoms with E-state index in [0.717, 1.165) is 24.8 Å².